The molecule has 0 saturated carbocycles. The molecule has 0 amide bonds. The second kappa shape index (κ2) is 7.63. The number of benzene rings is 1. The lowest BCUT2D eigenvalue weighted by Gasteiger charge is -2.06. The Morgan fingerprint density at radius 1 is 0.833 bits per heavy atom. The molecule has 7 nitrogen and oxygen atoms in total. The van der Waals surface area contributed by atoms with Crippen LogP contribution in [0.5, 0.6) is 0 Å². The summed E-state index contributed by atoms with van der Waals surface area (Å²) in [7, 11) is 0. The fraction of sp³-hybridized carbons (Fsp3) is 0.353. The van der Waals surface area contributed by atoms with E-state index in [0.717, 1.165) is 22.0 Å². The summed E-state index contributed by atoms with van der Waals surface area (Å²) < 4.78 is 0. The second-order valence-electron chi connectivity index (χ2n) is 5.60. The second-order valence-corrected chi connectivity index (χ2v) is 5.60. The molecule has 0 aliphatic carbocycles. The smallest absolute Gasteiger partial charge is 0.303 e. The molecule has 2 rings (SSSR count). The fourth-order valence-electron chi connectivity index (χ4n) is 2.85. The van der Waals surface area contributed by atoms with E-state index in [-0.39, 0.29) is 32.1 Å². The molecule has 0 unspecified atom stereocenters. The Morgan fingerprint density at radius 3 is 2.04 bits per heavy atom. The summed E-state index contributed by atoms with van der Waals surface area (Å²) in [6.07, 6.45) is 0.736. The summed E-state index contributed by atoms with van der Waals surface area (Å²) in [4.78, 5) is 35.8. The average molecular weight is 333 g/mol. The van der Waals surface area contributed by atoms with E-state index in [1.807, 2.05) is 12.1 Å². The van der Waals surface area contributed by atoms with Gasteiger partial charge in [0.2, 0.25) is 0 Å². The minimum Gasteiger partial charge on any atom is -0.481 e. The van der Waals surface area contributed by atoms with Crippen molar-refractivity contribution in [3.05, 3.63) is 35.0 Å². The van der Waals surface area contributed by atoms with E-state index < -0.39 is 17.9 Å². The highest BCUT2D eigenvalue weighted by atomic mass is 16.4. The third-order valence-corrected chi connectivity index (χ3v) is 3.89. The number of carbonyl (C=O) groups is 3. The van der Waals surface area contributed by atoms with Crippen LogP contribution in [0.3, 0.4) is 0 Å². The van der Waals surface area contributed by atoms with Crippen molar-refractivity contribution < 1.29 is 29.7 Å². The number of aromatic amines is 1. The number of hydrogen-bond donors (Lipinski definition) is 4. The molecular weight excluding hydrogens is 314 g/mol. The number of carboxylic acid groups (broad SMARTS) is 3. The van der Waals surface area contributed by atoms with Crippen molar-refractivity contribution in [3.8, 4) is 0 Å². The van der Waals surface area contributed by atoms with Crippen LogP contribution in [0.4, 0.5) is 0 Å². The van der Waals surface area contributed by atoms with Crippen LogP contribution in [0.2, 0.25) is 0 Å². The molecule has 7 heteroatoms. The van der Waals surface area contributed by atoms with Crippen molar-refractivity contribution in [1.29, 1.82) is 0 Å². The van der Waals surface area contributed by atoms with Gasteiger partial charge in [-0.15, -0.1) is 0 Å². The summed E-state index contributed by atoms with van der Waals surface area (Å²) >= 11 is 0. The molecule has 24 heavy (non-hydrogen) atoms. The number of nitrogens with one attached hydrogen (secondary N) is 1. The SMILES string of the molecule is O=C(O)CCc1[nH]c2cccc(CCC(=O)O)c2c1CCC(=O)O. The van der Waals surface area contributed by atoms with E-state index in [1.165, 1.54) is 0 Å². The minimum absolute atomic E-state index is 0.0207. The third-order valence-electron chi connectivity index (χ3n) is 3.89. The van der Waals surface area contributed by atoms with Crippen molar-refractivity contribution in [2.24, 2.45) is 0 Å². The first-order chi connectivity index (χ1) is 11.4. The van der Waals surface area contributed by atoms with E-state index in [1.54, 1.807) is 6.07 Å². The number of aliphatic carboxylic acids is 3. The van der Waals surface area contributed by atoms with Crippen LogP contribution in [0, 0.1) is 0 Å². The predicted octanol–water partition coefficient (Wildman–Crippen LogP) is 2.22. The maximum absolute atomic E-state index is 10.9. The van der Waals surface area contributed by atoms with Crippen LogP contribution in [-0.2, 0) is 33.6 Å². The Labute approximate surface area is 137 Å². The van der Waals surface area contributed by atoms with Gasteiger partial charge >= 0.3 is 17.9 Å². The number of aromatic nitrogens is 1. The Morgan fingerprint density at radius 2 is 1.42 bits per heavy atom. The van der Waals surface area contributed by atoms with Gasteiger partial charge in [0.1, 0.15) is 0 Å². The predicted molar refractivity (Wildman–Crippen MR) is 86.2 cm³/mol. The number of rotatable bonds is 9. The lowest BCUT2D eigenvalue weighted by atomic mass is 9.97. The number of H-pyrrole nitrogens is 1. The largest absolute Gasteiger partial charge is 0.481 e. The number of fused-ring (bicyclic) bond motifs is 1. The molecule has 1 aromatic carbocycles. The average Bonchev–Trinajstić information content (AvgIpc) is 2.86. The molecular formula is C17H19NO6. The van der Waals surface area contributed by atoms with Crippen LogP contribution in [0.25, 0.3) is 10.9 Å². The monoisotopic (exact) mass is 333 g/mol. The highest BCUT2D eigenvalue weighted by Gasteiger charge is 2.17. The number of hydrogen-bond acceptors (Lipinski definition) is 3. The Bertz CT molecular complexity index is 777. The molecule has 1 aromatic heterocycles. The molecule has 0 atom stereocenters. The number of aryl methyl sites for hydroxylation is 3. The van der Waals surface area contributed by atoms with Crippen molar-refractivity contribution in [3.63, 3.8) is 0 Å². The normalized spacial score (nSPS) is 10.8. The van der Waals surface area contributed by atoms with Crippen molar-refractivity contribution >= 4 is 28.8 Å². The molecule has 4 N–H and O–H groups in total. The van der Waals surface area contributed by atoms with E-state index in [2.05, 4.69) is 4.98 Å². The molecule has 1 heterocycles. The summed E-state index contributed by atoms with van der Waals surface area (Å²) in [5.41, 5.74) is 3.08. The molecule has 2 aromatic rings. The van der Waals surface area contributed by atoms with Gasteiger partial charge in [0.05, 0.1) is 6.42 Å². The highest BCUT2D eigenvalue weighted by molar-refractivity contribution is 5.89. The lowest BCUT2D eigenvalue weighted by Crippen LogP contribution is -2.03. The first kappa shape index (κ1) is 17.5. The standard InChI is InChI=1S/C17H19NO6/c19-14(20)7-4-10-2-1-3-13-17(10)11(5-8-15(21)22)12(18-13)6-9-16(23)24/h1-3,18H,4-9H2,(H,19,20)(H,21,22)(H,23,24). The van der Waals surface area contributed by atoms with Gasteiger partial charge in [-0.25, -0.2) is 0 Å². The summed E-state index contributed by atoms with van der Waals surface area (Å²) in [6.45, 7) is 0. The van der Waals surface area contributed by atoms with Gasteiger partial charge in [-0.05, 0) is 36.5 Å². The third kappa shape index (κ3) is 4.34. The topological polar surface area (TPSA) is 128 Å². The van der Waals surface area contributed by atoms with Gasteiger partial charge in [0, 0.05) is 29.4 Å². The zero-order valence-corrected chi connectivity index (χ0v) is 13.0. The molecule has 0 spiro atoms. The molecule has 0 saturated heterocycles. The Balaban J connectivity index is 2.45. The maximum Gasteiger partial charge on any atom is 0.303 e. The maximum atomic E-state index is 10.9. The van der Waals surface area contributed by atoms with Gasteiger partial charge in [0.25, 0.3) is 0 Å². The number of carboxylic acids is 3. The van der Waals surface area contributed by atoms with Crippen LogP contribution < -0.4 is 0 Å². The van der Waals surface area contributed by atoms with E-state index in [0.29, 0.717) is 12.1 Å². The van der Waals surface area contributed by atoms with Gasteiger partial charge in [0.15, 0.2) is 0 Å². The van der Waals surface area contributed by atoms with Crippen molar-refractivity contribution in [2.75, 3.05) is 0 Å². The van der Waals surface area contributed by atoms with Crippen LogP contribution in [-0.4, -0.2) is 38.2 Å². The first-order valence-electron chi connectivity index (χ1n) is 7.65. The summed E-state index contributed by atoms with van der Waals surface area (Å²) in [6, 6.07) is 5.45. The van der Waals surface area contributed by atoms with Gasteiger partial charge in [-0.1, -0.05) is 12.1 Å². The lowest BCUT2D eigenvalue weighted by molar-refractivity contribution is -0.138. The zero-order valence-electron chi connectivity index (χ0n) is 13.0. The molecule has 0 aliphatic rings. The van der Waals surface area contributed by atoms with E-state index >= 15 is 0 Å². The highest BCUT2D eigenvalue weighted by Crippen LogP contribution is 2.29. The Kier molecular flexibility index (Phi) is 5.57. The van der Waals surface area contributed by atoms with Crippen LogP contribution in [0.15, 0.2) is 18.2 Å². The quantitative estimate of drug-likeness (QED) is 0.557. The minimum atomic E-state index is -0.934. The summed E-state index contributed by atoms with van der Waals surface area (Å²) in [5.74, 6) is -2.76. The van der Waals surface area contributed by atoms with Gasteiger partial charge in [-0.2, -0.15) is 0 Å². The fourth-order valence-corrected chi connectivity index (χ4v) is 2.85. The molecule has 0 aliphatic heterocycles. The molecule has 0 radical (unpaired) electrons. The molecule has 0 bridgehead atoms. The zero-order chi connectivity index (χ0) is 17.7. The van der Waals surface area contributed by atoms with Crippen molar-refractivity contribution in [1.82, 2.24) is 4.98 Å². The van der Waals surface area contributed by atoms with E-state index in [9.17, 15) is 14.4 Å². The molecule has 0 fully saturated rings. The Hall–Kier alpha value is -2.83. The van der Waals surface area contributed by atoms with Crippen LogP contribution >= 0.6 is 0 Å². The van der Waals surface area contributed by atoms with Gasteiger partial charge < -0.3 is 20.3 Å². The van der Waals surface area contributed by atoms with Crippen LogP contribution in [0.1, 0.15) is 36.1 Å². The molecule has 128 valence electrons. The van der Waals surface area contributed by atoms with Crippen molar-refractivity contribution in [2.45, 2.75) is 38.5 Å². The summed E-state index contributed by atoms with van der Waals surface area (Å²) in [5, 5.41) is 27.6. The van der Waals surface area contributed by atoms with E-state index in [4.69, 9.17) is 15.3 Å². The van der Waals surface area contributed by atoms with Gasteiger partial charge in [-0.3, -0.25) is 14.4 Å². The first-order valence-corrected chi connectivity index (χ1v) is 7.65.